The van der Waals surface area contributed by atoms with Crippen LogP contribution in [0.2, 0.25) is 0 Å². The molecule has 0 amide bonds. The molecule has 0 spiro atoms. The highest BCUT2D eigenvalue weighted by atomic mass is 35.5. The molecule has 1 rings (SSSR count). The van der Waals surface area contributed by atoms with E-state index in [1.165, 1.54) is 47.9 Å². The Balaban J connectivity index is 3.03. The number of hydrogen-bond acceptors (Lipinski definition) is 0. The van der Waals surface area contributed by atoms with E-state index >= 15 is 0 Å². The zero-order valence-electron chi connectivity index (χ0n) is 12.5. The number of benzene rings is 1. The van der Waals surface area contributed by atoms with Crippen LogP contribution in [0, 0.1) is 26.7 Å². The summed E-state index contributed by atoms with van der Waals surface area (Å²) >= 11 is 6.79. The average molecular weight is 267 g/mol. The van der Waals surface area contributed by atoms with E-state index in [1.807, 2.05) is 0 Å². The molecule has 0 bridgehead atoms. The lowest BCUT2D eigenvalue weighted by Gasteiger charge is -2.25. The molecule has 1 aromatic rings. The Morgan fingerprint density at radius 3 is 1.78 bits per heavy atom. The molecule has 0 N–H and O–H groups in total. The van der Waals surface area contributed by atoms with Crippen molar-refractivity contribution in [3.05, 3.63) is 34.4 Å². The summed E-state index contributed by atoms with van der Waals surface area (Å²) < 4.78 is 0. The smallest absolute Gasteiger partial charge is 0.0618 e. The van der Waals surface area contributed by atoms with Crippen molar-refractivity contribution < 1.29 is 0 Å². The zero-order valence-corrected chi connectivity index (χ0v) is 13.3. The van der Waals surface area contributed by atoms with Gasteiger partial charge in [-0.05, 0) is 56.2 Å². The molecule has 0 fully saturated rings. The predicted octanol–water partition coefficient (Wildman–Crippen LogP) is 6.11. The first-order valence-electron chi connectivity index (χ1n) is 7.23. The van der Waals surface area contributed by atoms with Crippen molar-refractivity contribution in [2.45, 2.75) is 65.7 Å². The van der Waals surface area contributed by atoms with Gasteiger partial charge in [-0.15, -0.1) is 11.6 Å². The number of aryl methyl sites for hydroxylation is 3. The minimum atomic E-state index is 0.172. The molecule has 0 radical (unpaired) electrons. The first-order chi connectivity index (χ1) is 8.51. The fraction of sp³-hybridized carbons (Fsp3) is 0.647. The van der Waals surface area contributed by atoms with Crippen LogP contribution in [-0.2, 0) is 0 Å². The minimum absolute atomic E-state index is 0.172. The van der Waals surface area contributed by atoms with Crippen LogP contribution in [0.15, 0.2) is 12.1 Å². The van der Waals surface area contributed by atoms with E-state index in [-0.39, 0.29) is 5.38 Å². The summed E-state index contributed by atoms with van der Waals surface area (Å²) in [6, 6.07) is 4.51. The van der Waals surface area contributed by atoms with Gasteiger partial charge in [0, 0.05) is 0 Å². The van der Waals surface area contributed by atoms with Gasteiger partial charge in [0.1, 0.15) is 0 Å². The van der Waals surface area contributed by atoms with Gasteiger partial charge in [0.2, 0.25) is 0 Å². The van der Waals surface area contributed by atoms with Gasteiger partial charge in [-0.1, -0.05) is 44.4 Å². The largest absolute Gasteiger partial charge is 0.118 e. The van der Waals surface area contributed by atoms with Crippen molar-refractivity contribution >= 4 is 11.6 Å². The lowest BCUT2D eigenvalue weighted by atomic mass is 9.86. The van der Waals surface area contributed by atoms with Crippen molar-refractivity contribution in [2.75, 3.05) is 0 Å². The van der Waals surface area contributed by atoms with Gasteiger partial charge in [-0.2, -0.15) is 0 Å². The zero-order chi connectivity index (χ0) is 13.7. The predicted molar refractivity (Wildman–Crippen MR) is 82.6 cm³/mol. The van der Waals surface area contributed by atoms with Gasteiger partial charge in [0.25, 0.3) is 0 Å². The highest BCUT2D eigenvalue weighted by molar-refractivity contribution is 6.21. The lowest BCUT2D eigenvalue weighted by Crippen LogP contribution is -2.11. The molecular formula is C17H27Cl. The molecular weight excluding hydrogens is 240 g/mol. The van der Waals surface area contributed by atoms with Crippen LogP contribution in [0.4, 0.5) is 0 Å². The molecule has 0 nitrogen and oxygen atoms in total. The summed E-state index contributed by atoms with van der Waals surface area (Å²) in [4.78, 5) is 0. The topological polar surface area (TPSA) is 0 Å². The van der Waals surface area contributed by atoms with Gasteiger partial charge in [0.15, 0.2) is 0 Å². The number of alkyl halides is 1. The number of hydrogen-bond donors (Lipinski definition) is 0. The van der Waals surface area contributed by atoms with Gasteiger partial charge < -0.3 is 0 Å². The number of rotatable bonds is 6. The molecule has 0 aliphatic rings. The molecule has 1 heteroatoms. The highest BCUT2D eigenvalue weighted by Gasteiger charge is 2.22. The molecule has 0 aromatic heterocycles. The van der Waals surface area contributed by atoms with Crippen molar-refractivity contribution in [3.63, 3.8) is 0 Å². The normalized spacial score (nSPS) is 13.1. The quantitative estimate of drug-likeness (QED) is 0.545. The maximum atomic E-state index is 6.79. The van der Waals surface area contributed by atoms with Crippen LogP contribution in [0.1, 0.15) is 67.2 Å². The van der Waals surface area contributed by atoms with E-state index < -0.39 is 0 Å². The second-order valence-electron chi connectivity index (χ2n) is 5.55. The third kappa shape index (κ3) is 3.75. The highest BCUT2D eigenvalue weighted by Crippen LogP contribution is 2.38. The Kier molecular flexibility index (Phi) is 6.21. The molecule has 102 valence electrons. The third-order valence-corrected chi connectivity index (χ3v) is 4.32. The van der Waals surface area contributed by atoms with Crippen LogP contribution in [-0.4, -0.2) is 0 Å². The molecule has 0 saturated carbocycles. The lowest BCUT2D eigenvalue weighted by molar-refractivity contribution is 0.424. The molecule has 0 heterocycles. The molecule has 0 aliphatic carbocycles. The fourth-order valence-corrected chi connectivity index (χ4v) is 3.64. The van der Waals surface area contributed by atoms with Crippen LogP contribution in [0.5, 0.6) is 0 Å². The second-order valence-corrected chi connectivity index (χ2v) is 6.02. The summed E-state index contributed by atoms with van der Waals surface area (Å²) in [7, 11) is 0. The van der Waals surface area contributed by atoms with E-state index in [4.69, 9.17) is 11.6 Å². The summed E-state index contributed by atoms with van der Waals surface area (Å²) in [5.41, 5.74) is 5.41. The fourth-order valence-electron chi connectivity index (χ4n) is 3.04. The van der Waals surface area contributed by atoms with Crippen molar-refractivity contribution in [1.29, 1.82) is 0 Å². The van der Waals surface area contributed by atoms with E-state index in [0.717, 1.165) is 0 Å². The Hall–Kier alpha value is -0.490. The number of halogens is 1. The van der Waals surface area contributed by atoms with E-state index in [0.29, 0.717) is 5.92 Å². The summed E-state index contributed by atoms with van der Waals surface area (Å²) in [6.45, 7) is 11.0. The van der Waals surface area contributed by atoms with Gasteiger partial charge in [-0.3, -0.25) is 0 Å². The molecule has 1 aromatic carbocycles. The van der Waals surface area contributed by atoms with Crippen molar-refractivity contribution in [3.8, 4) is 0 Å². The summed E-state index contributed by atoms with van der Waals surface area (Å²) in [6.07, 6.45) is 4.90. The monoisotopic (exact) mass is 266 g/mol. The van der Waals surface area contributed by atoms with E-state index in [2.05, 4.69) is 46.8 Å². The summed E-state index contributed by atoms with van der Waals surface area (Å²) in [5.74, 6) is 0.613. The first kappa shape index (κ1) is 15.6. The minimum Gasteiger partial charge on any atom is -0.118 e. The summed E-state index contributed by atoms with van der Waals surface area (Å²) in [5, 5.41) is 0.172. The Morgan fingerprint density at radius 1 is 0.944 bits per heavy atom. The van der Waals surface area contributed by atoms with Crippen molar-refractivity contribution in [1.82, 2.24) is 0 Å². The van der Waals surface area contributed by atoms with Crippen LogP contribution in [0.3, 0.4) is 0 Å². The third-order valence-electron chi connectivity index (χ3n) is 3.75. The van der Waals surface area contributed by atoms with Crippen LogP contribution >= 0.6 is 11.6 Å². The molecule has 1 unspecified atom stereocenters. The Bertz CT molecular complexity index is 352. The Labute approximate surface area is 118 Å². The van der Waals surface area contributed by atoms with Gasteiger partial charge in [0.05, 0.1) is 5.38 Å². The van der Waals surface area contributed by atoms with Crippen LogP contribution < -0.4 is 0 Å². The molecule has 0 saturated heterocycles. The standard InChI is InChI=1S/C17H27Cl/c1-6-8-15(9-7-2)17(18)16-13(4)10-12(3)11-14(16)5/h10-11,15,17H,6-9H2,1-5H3. The Morgan fingerprint density at radius 2 is 1.39 bits per heavy atom. The van der Waals surface area contributed by atoms with Gasteiger partial charge >= 0.3 is 0 Å². The first-order valence-corrected chi connectivity index (χ1v) is 7.66. The van der Waals surface area contributed by atoms with E-state index in [9.17, 15) is 0 Å². The SMILES string of the molecule is CCCC(CCC)C(Cl)c1c(C)cc(C)cc1C. The molecule has 18 heavy (non-hydrogen) atoms. The molecule has 0 aliphatic heterocycles. The maximum absolute atomic E-state index is 6.79. The van der Waals surface area contributed by atoms with Crippen LogP contribution in [0.25, 0.3) is 0 Å². The maximum Gasteiger partial charge on any atom is 0.0618 e. The van der Waals surface area contributed by atoms with Crippen molar-refractivity contribution in [2.24, 2.45) is 5.92 Å². The second kappa shape index (κ2) is 7.19. The molecule has 1 atom stereocenters. The van der Waals surface area contributed by atoms with E-state index in [1.54, 1.807) is 0 Å². The average Bonchev–Trinajstić information content (AvgIpc) is 2.27. The van der Waals surface area contributed by atoms with Gasteiger partial charge in [-0.25, -0.2) is 0 Å².